The van der Waals surface area contributed by atoms with Gasteiger partial charge in [0.25, 0.3) is 6.43 Å². The summed E-state index contributed by atoms with van der Waals surface area (Å²) in [6.45, 7) is 0. The topological polar surface area (TPSA) is 60.2 Å². The van der Waals surface area contributed by atoms with Gasteiger partial charge in [-0.25, -0.2) is 13.8 Å². The Morgan fingerprint density at radius 3 is 2.76 bits per heavy atom. The summed E-state index contributed by atoms with van der Waals surface area (Å²) in [7, 11) is 1.51. The average molecular weight is 239 g/mol. The molecule has 6 heteroatoms. The molecular formula is C11H11F2N3O. The number of hydrazine groups is 1. The van der Waals surface area contributed by atoms with Crippen molar-refractivity contribution in [3.8, 4) is 5.75 Å². The van der Waals surface area contributed by atoms with Gasteiger partial charge in [0.1, 0.15) is 11.4 Å². The van der Waals surface area contributed by atoms with Crippen LogP contribution in [0.5, 0.6) is 5.75 Å². The SMILES string of the molecule is COc1cccc2nc(C(F)F)c(NN)cc12. The predicted octanol–water partition coefficient (Wildman–Crippen LogP) is 2.47. The highest BCUT2D eigenvalue weighted by atomic mass is 19.3. The minimum Gasteiger partial charge on any atom is -0.496 e. The first-order valence-electron chi connectivity index (χ1n) is 4.89. The first-order chi connectivity index (χ1) is 8.17. The number of hydrogen-bond acceptors (Lipinski definition) is 4. The molecule has 17 heavy (non-hydrogen) atoms. The smallest absolute Gasteiger partial charge is 0.282 e. The first kappa shape index (κ1) is 11.5. The summed E-state index contributed by atoms with van der Waals surface area (Å²) in [5.41, 5.74) is 2.39. The van der Waals surface area contributed by atoms with E-state index in [9.17, 15) is 8.78 Å². The van der Waals surface area contributed by atoms with E-state index >= 15 is 0 Å². The summed E-state index contributed by atoms with van der Waals surface area (Å²) in [4.78, 5) is 3.88. The molecule has 2 rings (SSSR count). The Bertz CT molecular complexity index is 545. The van der Waals surface area contributed by atoms with Crippen molar-refractivity contribution >= 4 is 16.6 Å². The molecule has 2 aromatic rings. The van der Waals surface area contributed by atoms with Crippen LogP contribution < -0.4 is 16.0 Å². The van der Waals surface area contributed by atoms with Crippen LogP contribution in [0.3, 0.4) is 0 Å². The van der Waals surface area contributed by atoms with Gasteiger partial charge in [0.05, 0.1) is 18.3 Å². The van der Waals surface area contributed by atoms with E-state index in [0.29, 0.717) is 16.7 Å². The molecule has 0 aliphatic rings. The lowest BCUT2D eigenvalue weighted by Crippen LogP contribution is -2.10. The van der Waals surface area contributed by atoms with Crippen molar-refractivity contribution in [3.05, 3.63) is 30.0 Å². The lowest BCUT2D eigenvalue weighted by Gasteiger charge is -2.11. The van der Waals surface area contributed by atoms with Crippen LogP contribution >= 0.6 is 0 Å². The van der Waals surface area contributed by atoms with Crippen molar-refractivity contribution in [2.24, 2.45) is 5.84 Å². The molecule has 1 heterocycles. The Morgan fingerprint density at radius 1 is 1.41 bits per heavy atom. The molecule has 1 aromatic heterocycles. The number of anilines is 1. The number of ether oxygens (including phenoxy) is 1. The van der Waals surface area contributed by atoms with E-state index < -0.39 is 6.43 Å². The zero-order valence-corrected chi connectivity index (χ0v) is 9.08. The summed E-state index contributed by atoms with van der Waals surface area (Å²) in [6.07, 6.45) is -2.68. The molecule has 0 amide bonds. The van der Waals surface area contributed by atoms with Gasteiger partial charge < -0.3 is 10.2 Å². The molecule has 0 saturated heterocycles. The van der Waals surface area contributed by atoms with E-state index in [2.05, 4.69) is 10.4 Å². The van der Waals surface area contributed by atoms with Crippen molar-refractivity contribution in [3.63, 3.8) is 0 Å². The fraction of sp³-hybridized carbons (Fsp3) is 0.182. The quantitative estimate of drug-likeness (QED) is 0.638. The van der Waals surface area contributed by atoms with E-state index in [1.807, 2.05) is 0 Å². The average Bonchev–Trinajstić information content (AvgIpc) is 2.36. The number of nitrogens with zero attached hydrogens (tertiary/aromatic N) is 1. The summed E-state index contributed by atoms with van der Waals surface area (Å²) < 4.78 is 30.6. The largest absolute Gasteiger partial charge is 0.496 e. The lowest BCUT2D eigenvalue weighted by atomic mass is 10.1. The number of alkyl halides is 2. The van der Waals surface area contributed by atoms with Gasteiger partial charge in [0, 0.05) is 5.39 Å². The number of pyridine rings is 1. The number of aromatic nitrogens is 1. The van der Waals surface area contributed by atoms with E-state index in [1.165, 1.54) is 13.2 Å². The minimum absolute atomic E-state index is 0.0944. The molecule has 90 valence electrons. The summed E-state index contributed by atoms with van der Waals surface area (Å²) in [6, 6.07) is 6.57. The number of methoxy groups -OCH3 is 1. The fourth-order valence-corrected chi connectivity index (χ4v) is 1.64. The van der Waals surface area contributed by atoms with Crippen LogP contribution in [0.4, 0.5) is 14.5 Å². The Kier molecular flexibility index (Phi) is 3.06. The second-order valence-electron chi connectivity index (χ2n) is 3.39. The number of benzene rings is 1. The molecule has 0 unspecified atom stereocenters. The standard InChI is InChI=1S/C11H11F2N3O/c1-17-9-4-2-3-7-6(9)5-8(16-14)10(15-7)11(12)13/h2-5,11,16H,14H2,1H3. The Labute approximate surface area is 96.4 Å². The number of nitrogen functional groups attached to an aromatic ring is 1. The van der Waals surface area contributed by atoms with Crippen LogP contribution in [0, 0.1) is 0 Å². The second kappa shape index (κ2) is 4.50. The molecule has 0 saturated carbocycles. The third-order valence-electron chi connectivity index (χ3n) is 2.43. The first-order valence-corrected chi connectivity index (χ1v) is 4.89. The number of fused-ring (bicyclic) bond motifs is 1. The van der Waals surface area contributed by atoms with Gasteiger partial charge in [-0.05, 0) is 18.2 Å². The summed E-state index contributed by atoms with van der Waals surface area (Å²) >= 11 is 0. The van der Waals surface area contributed by atoms with Crippen molar-refractivity contribution < 1.29 is 13.5 Å². The highest BCUT2D eigenvalue weighted by Gasteiger charge is 2.16. The highest BCUT2D eigenvalue weighted by molar-refractivity contribution is 5.88. The maximum atomic E-state index is 12.7. The molecule has 4 nitrogen and oxygen atoms in total. The Morgan fingerprint density at radius 2 is 2.18 bits per heavy atom. The molecule has 1 aromatic carbocycles. The molecule has 0 aliphatic heterocycles. The zero-order valence-electron chi connectivity index (χ0n) is 9.08. The molecule has 0 radical (unpaired) electrons. The number of halogens is 2. The maximum Gasteiger partial charge on any atom is 0.282 e. The van der Waals surface area contributed by atoms with Crippen LogP contribution in [0.15, 0.2) is 24.3 Å². The minimum atomic E-state index is -2.68. The van der Waals surface area contributed by atoms with Gasteiger partial charge in [-0.15, -0.1) is 0 Å². The lowest BCUT2D eigenvalue weighted by molar-refractivity contribution is 0.147. The van der Waals surface area contributed by atoms with E-state index in [-0.39, 0.29) is 11.4 Å². The van der Waals surface area contributed by atoms with Crippen LogP contribution in [-0.2, 0) is 0 Å². The van der Waals surface area contributed by atoms with Crippen molar-refractivity contribution in [2.75, 3.05) is 12.5 Å². The van der Waals surface area contributed by atoms with Gasteiger partial charge in [0.2, 0.25) is 0 Å². The fourth-order valence-electron chi connectivity index (χ4n) is 1.64. The number of nitrogens with two attached hydrogens (primary N) is 1. The van der Waals surface area contributed by atoms with Crippen molar-refractivity contribution in [2.45, 2.75) is 6.43 Å². The molecule has 3 N–H and O–H groups in total. The van der Waals surface area contributed by atoms with Gasteiger partial charge >= 0.3 is 0 Å². The van der Waals surface area contributed by atoms with Crippen LogP contribution in [0.2, 0.25) is 0 Å². The van der Waals surface area contributed by atoms with Crippen molar-refractivity contribution in [1.29, 1.82) is 0 Å². The number of rotatable bonds is 3. The zero-order chi connectivity index (χ0) is 12.4. The van der Waals surface area contributed by atoms with Crippen LogP contribution in [-0.4, -0.2) is 12.1 Å². The van der Waals surface area contributed by atoms with Crippen LogP contribution in [0.1, 0.15) is 12.1 Å². The normalized spacial score (nSPS) is 10.9. The highest BCUT2D eigenvalue weighted by Crippen LogP contribution is 2.32. The van der Waals surface area contributed by atoms with Crippen LogP contribution in [0.25, 0.3) is 10.9 Å². The predicted molar refractivity (Wildman–Crippen MR) is 61.1 cm³/mol. The monoisotopic (exact) mass is 239 g/mol. The van der Waals surface area contributed by atoms with E-state index in [1.54, 1.807) is 18.2 Å². The van der Waals surface area contributed by atoms with Gasteiger partial charge in [-0.2, -0.15) is 0 Å². The van der Waals surface area contributed by atoms with Gasteiger partial charge in [0.15, 0.2) is 0 Å². The molecular weight excluding hydrogens is 228 g/mol. The molecule has 0 atom stereocenters. The Hall–Kier alpha value is -1.95. The third kappa shape index (κ3) is 1.99. The molecule has 0 bridgehead atoms. The number of nitrogens with one attached hydrogen (secondary N) is 1. The molecule has 0 fully saturated rings. The van der Waals surface area contributed by atoms with E-state index in [4.69, 9.17) is 10.6 Å². The number of hydrogen-bond donors (Lipinski definition) is 2. The molecule has 0 aliphatic carbocycles. The third-order valence-corrected chi connectivity index (χ3v) is 2.43. The maximum absolute atomic E-state index is 12.7. The van der Waals surface area contributed by atoms with Gasteiger partial charge in [-0.1, -0.05) is 6.07 Å². The summed E-state index contributed by atoms with van der Waals surface area (Å²) in [5, 5.41) is 0.632. The van der Waals surface area contributed by atoms with Crippen molar-refractivity contribution in [1.82, 2.24) is 4.98 Å². The Balaban J connectivity index is 2.73. The molecule has 0 spiro atoms. The van der Waals surface area contributed by atoms with Gasteiger partial charge in [-0.3, -0.25) is 5.84 Å². The van der Waals surface area contributed by atoms with E-state index in [0.717, 1.165) is 0 Å². The summed E-state index contributed by atoms with van der Waals surface area (Å²) in [5.74, 6) is 5.77. The second-order valence-corrected chi connectivity index (χ2v) is 3.39.